The van der Waals surface area contributed by atoms with Crippen LogP contribution in [0, 0.1) is 0 Å². The summed E-state index contributed by atoms with van der Waals surface area (Å²) in [5.74, 6) is -0.828. The molecular formula is C7H17ClN2O2. The molecule has 74 valence electrons. The van der Waals surface area contributed by atoms with Gasteiger partial charge in [0.15, 0.2) is 0 Å². The Bertz CT molecular complexity index is 122. The maximum absolute atomic E-state index is 10.1. The number of carboxylic acid groups (broad SMARTS) is 1. The van der Waals surface area contributed by atoms with Gasteiger partial charge in [-0.15, -0.1) is 12.4 Å². The van der Waals surface area contributed by atoms with Crippen LogP contribution in [-0.4, -0.2) is 23.7 Å². The zero-order valence-electron chi connectivity index (χ0n) is 7.03. The van der Waals surface area contributed by atoms with Gasteiger partial charge in [-0.3, -0.25) is 4.79 Å². The van der Waals surface area contributed by atoms with Crippen LogP contribution >= 0.6 is 12.4 Å². The van der Waals surface area contributed by atoms with E-state index >= 15 is 0 Å². The minimum absolute atomic E-state index is 0. The molecule has 0 amide bonds. The van der Waals surface area contributed by atoms with Gasteiger partial charge in [-0.25, -0.2) is 0 Å². The molecule has 0 radical (unpaired) electrons. The second kappa shape index (κ2) is 8.77. The van der Waals surface area contributed by atoms with Gasteiger partial charge in [0.05, 0.1) is 6.42 Å². The Balaban J connectivity index is 0. The predicted molar refractivity (Wildman–Crippen MR) is 50.4 cm³/mol. The molecule has 0 saturated heterocycles. The van der Waals surface area contributed by atoms with Crippen molar-refractivity contribution in [3.05, 3.63) is 0 Å². The number of unbranched alkanes of at least 4 members (excludes halogenated alkanes) is 1. The largest absolute Gasteiger partial charge is 0.481 e. The third-order valence-corrected chi connectivity index (χ3v) is 1.47. The van der Waals surface area contributed by atoms with Gasteiger partial charge in [0, 0.05) is 6.04 Å². The molecule has 0 spiro atoms. The van der Waals surface area contributed by atoms with Crippen molar-refractivity contribution in [1.82, 2.24) is 0 Å². The third kappa shape index (κ3) is 9.68. The SMILES string of the molecule is Cl.NCCCC[C@H](N)CC(=O)O. The molecule has 4 nitrogen and oxygen atoms in total. The second-order valence-corrected chi connectivity index (χ2v) is 2.64. The molecule has 0 saturated carbocycles. The molecule has 0 rings (SSSR count). The number of carbonyl (C=O) groups is 1. The second-order valence-electron chi connectivity index (χ2n) is 2.64. The van der Waals surface area contributed by atoms with Gasteiger partial charge in [0.2, 0.25) is 0 Å². The molecule has 0 unspecified atom stereocenters. The summed E-state index contributed by atoms with van der Waals surface area (Å²) in [5.41, 5.74) is 10.8. The lowest BCUT2D eigenvalue weighted by atomic mass is 10.1. The van der Waals surface area contributed by atoms with Gasteiger partial charge in [-0.05, 0) is 19.4 Å². The first-order valence-electron chi connectivity index (χ1n) is 3.84. The van der Waals surface area contributed by atoms with Crippen LogP contribution in [0.1, 0.15) is 25.7 Å². The number of hydrogen-bond donors (Lipinski definition) is 3. The van der Waals surface area contributed by atoms with E-state index in [0.717, 1.165) is 19.3 Å². The smallest absolute Gasteiger partial charge is 0.304 e. The van der Waals surface area contributed by atoms with Gasteiger partial charge >= 0.3 is 5.97 Å². The molecule has 0 aromatic carbocycles. The number of rotatable bonds is 6. The summed E-state index contributed by atoms with van der Waals surface area (Å²) in [4.78, 5) is 10.1. The van der Waals surface area contributed by atoms with Gasteiger partial charge < -0.3 is 16.6 Å². The van der Waals surface area contributed by atoms with Gasteiger partial charge in [0.25, 0.3) is 0 Å². The van der Waals surface area contributed by atoms with E-state index < -0.39 is 5.97 Å². The molecule has 1 atom stereocenters. The summed E-state index contributed by atoms with van der Waals surface area (Å²) in [7, 11) is 0. The standard InChI is InChI=1S/C7H16N2O2.ClH/c8-4-2-1-3-6(9)5-7(10)11;/h6H,1-5,8-9H2,(H,10,11);1H/t6-;/m0./s1. The Morgan fingerprint density at radius 1 is 1.42 bits per heavy atom. The van der Waals surface area contributed by atoms with E-state index in [4.69, 9.17) is 16.6 Å². The van der Waals surface area contributed by atoms with Crippen molar-refractivity contribution in [3.8, 4) is 0 Å². The van der Waals surface area contributed by atoms with Crippen molar-refractivity contribution in [2.75, 3.05) is 6.54 Å². The molecule has 5 N–H and O–H groups in total. The Labute approximate surface area is 78.7 Å². The number of nitrogens with two attached hydrogens (primary N) is 2. The molecule has 12 heavy (non-hydrogen) atoms. The van der Waals surface area contributed by atoms with Crippen LogP contribution in [0.5, 0.6) is 0 Å². The lowest BCUT2D eigenvalue weighted by Crippen LogP contribution is -2.23. The highest BCUT2D eigenvalue weighted by atomic mass is 35.5. The molecule has 0 heterocycles. The zero-order valence-corrected chi connectivity index (χ0v) is 7.85. The summed E-state index contributed by atoms with van der Waals surface area (Å²) in [5, 5.41) is 8.34. The van der Waals surface area contributed by atoms with Crippen LogP contribution in [-0.2, 0) is 4.79 Å². The molecule has 0 aliphatic rings. The van der Waals surface area contributed by atoms with Crippen LogP contribution in [0.4, 0.5) is 0 Å². The van der Waals surface area contributed by atoms with Crippen molar-refractivity contribution < 1.29 is 9.90 Å². The van der Waals surface area contributed by atoms with Gasteiger partial charge in [-0.2, -0.15) is 0 Å². The maximum atomic E-state index is 10.1. The van der Waals surface area contributed by atoms with Crippen LogP contribution in [0.2, 0.25) is 0 Å². The lowest BCUT2D eigenvalue weighted by molar-refractivity contribution is -0.137. The number of carboxylic acids is 1. The summed E-state index contributed by atoms with van der Waals surface area (Å²) in [6.45, 7) is 0.653. The highest BCUT2D eigenvalue weighted by molar-refractivity contribution is 5.85. The van der Waals surface area contributed by atoms with Crippen molar-refractivity contribution in [3.63, 3.8) is 0 Å². The van der Waals surface area contributed by atoms with Crippen LogP contribution in [0.15, 0.2) is 0 Å². The van der Waals surface area contributed by atoms with E-state index in [0.29, 0.717) is 6.54 Å². The highest BCUT2D eigenvalue weighted by Crippen LogP contribution is 2.00. The molecule has 0 aromatic rings. The van der Waals surface area contributed by atoms with E-state index in [2.05, 4.69) is 0 Å². The molecule has 0 aliphatic carbocycles. The Kier molecular flexibility index (Phi) is 10.4. The Hall–Kier alpha value is -0.320. The van der Waals surface area contributed by atoms with E-state index in [1.165, 1.54) is 0 Å². The van der Waals surface area contributed by atoms with Gasteiger partial charge in [-0.1, -0.05) is 6.42 Å². The van der Waals surface area contributed by atoms with Crippen LogP contribution < -0.4 is 11.5 Å². The minimum Gasteiger partial charge on any atom is -0.481 e. The molecule has 5 heteroatoms. The Morgan fingerprint density at radius 2 is 2.00 bits per heavy atom. The monoisotopic (exact) mass is 196 g/mol. The Morgan fingerprint density at radius 3 is 2.42 bits per heavy atom. The topological polar surface area (TPSA) is 89.3 Å². The molecule has 0 aliphatic heterocycles. The van der Waals surface area contributed by atoms with Gasteiger partial charge in [0.1, 0.15) is 0 Å². The molecule has 0 aromatic heterocycles. The first kappa shape index (κ1) is 14.2. The summed E-state index contributed by atoms with van der Waals surface area (Å²) >= 11 is 0. The average molecular weight is 197 g/mol. The fourth-order valence-corrected chi connectivity index (χ4v) is 0.877. The zero-order chi connectivity index (χ0) is 8.69. The fourth-order valence-electron chi connectivity index (χ4n) is 0.877. The van der Waals surface area contributed by atoms with Crippen molar-refractivity contribution in [1.29, 1.82) is 0 Å². The van der Waals surface area contributed by atoms with E-state index in [9.17, 15) is 4.79 Å². The lowest BCUT2D eigenvalue weighted by Gasteiger charge is -2.06. The van der Waals surface area contributed by atoms with Crippen LogP contribution in [0.3, 0.4) is 0 Å². The summed E-state index contributed by atoms with van der Waals surface area (Å²) in [6, 6.07) is -0.209. The van der Waals surface area contributed by atoms with Crippen LogP contribution in [0.25, 0.3) is 0 Å². The number of aliphatic carboxylic acids is 1. The molecular weight excluding hydrogens is 180 g/mol. The minimum atomic E-state index is -0.828. The van der Waals surface area contributed by atoms with E-state index in [-0.39, 0.29) is 24.9 Å². The number of hydrogen-bond acceptors (Lipinski definition) is 3. The normalized spacial score (nSPS) is 11.8. The molecule has 0 bridgehead atoms. The summed E-state index contributed by atoms with van der Waals surface area (Å²) in [6.07, 6.45) is 2.66. The first-order chi connectivity index (χ1) is 5.16. The quantitative estimate of drug-likeness (QED) is 0.535. The van der Waals surface area contributed by atoms with E-state index in [1.807, 2.05) is 0 Å². The number of halogens is 1. The average Bonchev–Trinajstić information content (AvgIpc) is 1.86. The highest BCUT2D eigenvalue weighted by Gasteiger charge is 2.06. The first-order valence-corrected chi connectivity index (χ1v) is 3.84. The maximum Gasteiger partial charge on any atom is 0.304 e. The third-order valence-electron chi connectivity index (χ3n) is 1.47. The summed E-state index contributed by atoms with van der Waals surface area (Å²) < 4.78 is 0. The van der Waals surface area contributed by atoms with Crippen molar-refractivity contribution in [2.45, 2.75) is 31.7 Å². The fraction of sp³-hybridized carbons (Fsp3) is 0.857. The van der Waals surface area contributed by atoms with E-state index in [1.54, 1.807) is 0 Å². The predicted octanol–water partition coefficient (Wildman–Crippen LogP) is 0.339. The van der Waals surface area contributed by atoms with Crippen molar-refractivity contribution >= 4 is 18.4 Å². The van der Waals surface area contributed by atoms with Crippen molar-refractivity contribution in [2.24, 2.45) is 11.5 Å². The molecule has 0 fully saturated rings.